The number of carbonyl (C=O) groups excluding carboxylic acids is 1. The van der Waals surface area contributed by atoms with Crippen molar-refractivity contribution in [3.8, 4) is 0 Å². The lowest BCUT2D eigenvalue weighted by Gasteiger charge is -2.18. The van der Waals surface area contributed by atoms with Gasteiger partial charge in [0.15, 0.2) is 0 Å². The van der Waals surface area contributed by atoms with Crippen molar-refractivity contribution in [3.05, 3.63) is 33.8 Å². The Labute approximate surface area is 120 Å². The van der Waals surface area contributed by atoms with Crippen LogP contribution in [-0.4, -0.2) is 17.0 Å². The molecule has 1 aromatic rings. The molecule has 1 fully saturated rings. The van der Waals surface area contributed by atoms with Gasteiger partial charge >= 0.3 is 5.97 Å². The third-order valence-electron chi connectivity index (χ3n) is 3.39. The van der Waals surface area contributed by atoms with Crippen LogP contribution in [0.4, 0.5) is 0 Å². The van der Waals surface area contributed by atoms with E-state index >= 15 is 0 Å². The number of benzene rings is 1. The van der Waals surface area contributed by atoms with Crippen LogP contribution in [0.15, 0.2) is 18.2 Å². The van der Waals surface area contributed by atoms with Gasteiger partial charge in [-0.25, -0.2) is 0 Å². The Hall–Kier alpha value is -1.26. The fourth-order valence-electron chi connectivity index (χ4n) is 1.93. The number of nitrogens with one attached hydrogen (secondary N) is 1. The van der Waals surface area contributed by atoms with Gasteiger partial charge in [-0.1, -0.05) is 35.3 Å². The highest BCUT2D eigenvalue weighted by Crippen LogP contribution is 2.46. The highest BCUT2D eigenvalue weighted by atomic mass is 35.5. The quantitative estimate of drug-likeness (QED) is 0.840. The van der Waals surface area contributed by atoms with E-state index in [4.69, 9.17) is 28.3 Å². The predicted molar refractivity (Wildman–Crippen MR) is 72.3 cm³/mol. The Morgan fingerprint density at radius 1 is 1.37 bits per heavy atom. The molecule has 0 bridgehead atoms. The Morgan fingerprint density at radius 3 is 2.53 bits per heavy atom. The number of aliphatic carboxylic acids is 1. The summed E-state index contributed by atoms with van der Waals surface area (Å²) >= 11 is 12.0. The molecule has 1 aromatic carbocycles. The van der Waals surface area contributed by atoms with Crippen LogP contribution in [0, 0.1) is 5.41 Å². The molecule has 0 unspecified atom stereocenters. The minimum atomic E-state index is -1.25. The van der Waals surface area contributed by atoms with Crippen molar-refractivity contribution in [3.63, 3.8) is 0 Å². The number of hydrogen-bond acceptors (Lipinski definition) is 2. The topological polar surface area (TPSA) is 66.4 Å². The second-order valence-corrected chi connectivity index (χ2v) is 5.51. The zero-order chi connectivity index (χ0) is 14.2. The average Bonchev–Trinajstić information content (AvgIpc) is 3.13. The minimum absolute atomic E-state index is 0.372. The Bertz CT molecular complexity index is 541. The van der Waals surface area contributed by atoms with Gasteiger partial charge in [-0.15, -0.1) is 0 Å². The van der Waals surface area contributed by atoms with E-state index in [1.807, 2.05) is 0 Å². The summed E-state index contributed by atoms with van der Waals surface area (Å²) in [6.45, 7) is 1.74. The van der Waals surface area contributed by atoms with Gasteiger partial charge in [0, 0.05) is 0 Å². The van der Waals surface area contributed by atoms with Gasteiger partial charge in [0.05, 0.1) is 16.1 Å². The van der Waals surface area contributed by atoms with Crippen molar-refractivity contribution in [2.45, 2.75) is 25.8 Å². The van der Waals surface area contributed by atoms with E-state index in [-0.39, 0.29) is 0 Å². The summed E-state index contributed by atoms with van der Waals surface area (Å²) in [6, 6.07) is 4.74. The molecule has 1 aliphatic rings. The molecule has 0 spiro atoms. The second kappa shape index (κ2) is 5.02. The zero-order valence-electron chi connectivity index (χ0n) is 10.2. The molecule has 1 aliphatic carbocycles. The van der Waals surface area contributed by atoms with Crippen molar-refractivity contribution in [2.75, 3.05) is 0 Å². The van der Waals surface area contributed by atoms with Crippen molar-refractivity contribution in [2.24, 2.45) is 5.41 Å². The minimum Gasteiger partial charge on any atom is -0.480 e. The highest BCUT2D eigenvalue weighted by Gasteiger charge is 2.57. The smallest absolute Gasteiger partial charge is 0.319 e. The molecule has 0 radical (unpaired) electrons. The molecule has 1 saturated carbocycles. The van der Waals surface area contributed by atoms with Crippen LogP contribution in [0.25, 0.3) is 0 Å². The van der Waals surface area contributed by atoms with E-state index in [2.05, 4.69) is 5.32 Å². The molecule has 6 heteroatoms. The molecule has 2 N–H and O–H groups in total. The Kier molecular flexibility index (Phi) is 3.74. The molecular weight excluding hydrogens is 289 g/mol. The standard InChI is InChI=1S/C13H13Cl2NO3/c1-7(8-3-2-4-9(14)10(8)15)16-11(17)13(5-6-13)12(18)19/h2-4,7H,5-6H2,1H3,(H,16,17)(H,18,19)/t7-/m1/s1. The van der Waals surface area contributed by atoms with Crippen LogP contribution >= 0.6 is 23.2 Å². The number of carboxylic acid groups (broad SMARTS) is 1. The van der Waals surface area contributed by atoms with Gasteiger partial charge in [-0.05, 0) is 31.4 Å². The van der Waals surface area contributed by atoms with Crippen molar-refractivity contribution < 1.29 is 14.7 Å². The summed E-state index contributed by atoms with van der Waals surface area (Å²) in [4.78, 5) is 23.0. The third kappa shape index (κ3) is 2.55. The first-order valence-corrected chi connectivity index (χ1v) is 6.62. The largest absolute Gasteiger partial charge is 0.480 e. The van der Waals surface area contributed by atoms with Gasteiger partial charge in [0.1, 0.15) is 5.41 Å². The SMILES string of the molecule is C[C@@H](NC(=O)C1(C(=O)O)CC1)c1cccc(Cl)c1Cl. The van der Waals surface area contributed by atoms with Gasteiger partial charge in [-0.2, -0.15) is 0 Å². The summed E-state index contributed by atoms with van der Waals surface area (Å²) in [5.41, 5.74) is -0.581. The molecule has 0 saturated heterocycles. The number of hydrogen-bond donors (Lipinski definition) is 2. The van der Waals surface area contributed by atoms with Crippen LogP contribution in [-0.2, 0) is 9.59 Å². The van der Waals surface area contributed by atoms with Crippen LogP contribution in [0.1, 0.15) is 31.4 Å². The van der Waals surface area contributed by atoms with Crippen molar-refractivity contribution in [1.29, 1.82) is 0 Å². The maximum absolute atomic E-state index is 12.0. The first-order valence-electron chi connectivity index (χ1n) is 5.87. The molecule has 0 aromatic heterocycles. The first kappa shape index (κ1) is 14.2. The molecule has 1 atom stereocenters. The monoisotopic (exact) mass is 301 g/mol. The molecule has 1 amide bonds. The zero-order valence-corrected chi connectivity index (χ0v) is 11.8. The summed E-state index contributed by atoms with van der Waals surface area (Å²) in [6.07, 6.45) is 0.758. The van der Waals surface area contributed by atoms with Gasteiger partial charge in [0.25, 0.3) is 0 Å². The molecule has 0 aliphatic heterocycles. The summed E-state index contributed by atoms with van der Waals surface area (Å²) in [7, 11) is 0. The normalized spacial score (nSPS) is 17.6. The number of halogens is 2. The fourth-order valence-corrected chi connectivity index (χ4v) is 2.40. The summed E-state index contributed by atoms with van der Waals surface area (Å²) in [5.74, 6) is -1.54. The van der Waals surface area contributed by atoms with Crippen LogP contribution in [0.5, 0.6) is 0 Å². The van der Waals surface area contributed by atoms with E-state index in [1.165, 1.54) is 0 Å². The van der Waals surface area contributed by atoms with Gasteiger partial charge in [0.2, 0.25) is 5.91 Å². The maximum Gasteiger partial charge on any atom is 0.319 e. The maximum atomic E-state index is 12.0. The summed E-state index contributed by atoms with van der Waals surface area (Å²) < 4.78 is 0. The molecule has 2 rings (SSSR count). The Balaban J connectivity index is 2.14. The van der Waals surface area contributed by atoms with E-state index in [0.717, 1.165) is 0 Å². The van der Waals surface area contributed by atoms with Crippen LogP contribution in [0.2, 0.25) is 10.0 Å². The summed E-state index contributed by atoms with van der Waals surface area (Å²) in [5, 5.41) is 12.5. The van der Waals surface area contributed by atoms with E-state index < -0.39 is 23.3 Å². The van der Waals surface area contributed by atoms with Crippen LogP contribution < -0.4 is 5.32 Å². The van der Waals surface area contributed by atoms with Crippen molar-refractivity contribution >= 4 is 35.1 Å². The highest BCUT2D eigenvalue weighted by molar-refractivity contribution is 6.42. The van der Waals surface area contributed by atoms with E-state index in [0.29, 0.717) is 28.5 Å². The molecule has 0 heterocycles. The first-order chi connectivity index (χ1) is 8.88. The Morgan fingerprint density at radius 2 is 2.00 bits per heavy atom. The number of rotatable bonds is 4. The fraction of sp³-hybridized carbons (Fsp3) is 0.385. The third-order valence-corrected chi connectivity index (χ3v) is 4.22. The number of carbonyl (C=O) groups is 2. The number of carboxylic acids is 1. The lowest BCUT2D eigenvalue weighted by molar-refractivity contribution is -0.149. The second-order valence-electron chi connectivity index (χ2n) is 4.73. The van der Waals surface area contributed by atoms with E-state index in [9.17, 15) is 9.59 Å². The molecular formula is C13H13Cl2NO3. The van der Waals surface area contributed by atoms with Gasteiger partial charge < -0.3 is 10.4 Å². The van der Waals surface area contributed by atoms with Crippen molar-refractivity contribution in [1.82, 2.24) is 5.32 Å². The lowest BCUT2D eigenvalue weighted by atomic mass is 10.0. The lowest BCUT2D eigenvalue weighted by Crippen LogP contribution is -2.38. The van der Waals surface area contributed by atoms with E-state index in [1.54, 1.807) is 25.1 Å². The average molecular weight is 302 g/mol. The molecule has 4 nitrogen and oxygen atoms in total. The van der Waals surface area contributed by atoms with Gasteiger partial charge in [-0.3, -0.25) is 9.59 Å². The predicted octanol–water partition coefficient (Wildman–Crippen LogP) is 3.04. The molecule has 102 valence electrons. The molecule has 19 heavy (non-hydrogen) atoms. The number of amides is 1. The van der Waals surface area contributed by atoms with Crippen LogP contribution in [0.3, 0.4) is 0 Å².